The summed E-state index contributed by atoms with van der Waals surface area (Å²) in [6.45, 7) is 2.01. The minimum absolute atomic E-state index is 0.0113. The van der Waals surface area contributed by atoms with Crippen LogP contribution in [0.3, 0.4) is 0 Å². The Morgan fingerprint density at radius 2 is 2.00 bits per heavy atom. The number of benzene rings is 1. The average molecular weight is 289 g/mol. The van der Waals surface area contributed by atoms with Crippen LogP contribution < -0.4 is 10.1 Å². The normalized spacial score (nSPS) is 19.8. The molecule has 0 amide bonds. The van der Waals surface area contributed by atoms with Gasteiger partial charge in [0.1, 0.15) is 11.3 Å². The third kappa shape index (κ3) is 3.11. The molecule has 1 fully saturated rings. The van der Waals surface area contributed by atoms with Crippen LogP contribution in [0.2, 0.25) is 5.15 Å². The topological polar surface area (TPSA) is 34.1 Å². The van der Waals surface area contributed by atoms with E-state index in [2.05, 4.69) is 22.4 Å². The zero-order valence-electron chi connectivity index (χ0n) is 11.1. The summed E-state index contributed by atoms with van der Waals surface area (Å²) in [5.41, 5.74) is 1.18. The van der Waals surface area contributed by atoms with Crippen molar-refractivity contribution in [1.82, 2.24) is 10.3 Å². The lowest BCUT2D eigenvalue weighted by molar-refractivity contribution is 0.138. The van der Waals surface area contributed by atoms with Gasteiger partial charge in [-0.2, -0.15) is 0 Å². The van der Waals surface area contributed by atoms with Crippen LogP contribution in [0.4, 0.5) is 0 Å². The number of nitrogens with zero attached hydrogens (tertiary/aromatic N) is 1. The third-order valence-corrected chi connectivity index (χ3v) is 3.80. The molecule has 1 aromatic heterocycles. The maximum Gasteiger partial charge on any atom is 0.215 e. The van der Waals surface area contributed by atoms with Gasteiger partial charge in [0.25, 0.3) is 0 Å². The van der Waals surface area contributed by atoms with E-state index in [1.165, 1.54) is 5.56 Å². The number of ether oxygens (including phenoxy) is 1. The van der Waals surface area contributed by atoms with E-state index in [-0.39, 0.29) is 6.10 Å². The van der Waals surface area contributed by atoms with E-state index in [1.807, 2.05) is 30.3 Å². The van der Waals surface area contributed by atoms with Crippen molar-refractivity contribution in [2.75, 3.05) is 13.1 Å². The van der Waals surface area contributed by atoms with Gasteiger partial charge in [0.2, 0.25) is 5.88 Å². The van der Waals surface area contributed by atoms with Crippen molar-refractivity contribution in [2.24, 2.45) is 5.92 Å². The second kappa shape index (κ2) is 6.25. The number of nitrogens with one attached hydrogen (secondary N) is 1. The van der Waals surface area contributed by atoms with Gasteiger partial charge >= 0.3 is 0 Å². The second-order valence-corrected chi connectivity index (χ2v) is 5.39. The van der Waals surface area contributed by atoms with Crippen molar-refractivity contribution in [3.63, 3.8) is 0 Å². The molecule has 0 radical (unpaired) electrons. The first-order chi connectivity index (χ1) is 9.83. The van der Waals surface area contributed by atoms with E-state index in [0.29, 0.717) is 17.0 Å². The van der Waals surface area contributed by atoms with Crippen LogP contribution in [-0.4, -0.2) is 18.1 Å². The lowest BCUT2D eigenvalue weighted by atomic mass is 9.95. The molecular formula is C16H17ClN2O. The molecule has 20 heavy (non-hydrogen) atoms. The summed E-state index contributed by atoms with van der Waals surface area (Å²) in [6.07, 6.45) is 1.12. The molecule has 2 atom stereocenters. The second-order valence-electron chi connectivity index (χ2n) is 5.00. The largest absolute Gasteiger partial charge is 0.469 e. The molecule has 0 bridgehead atoms. The first kappa shape index (κ1) is 13.4. The zero-order chi connectivity index (χ0) is 13.8. The molecule has 1 aliphatic heterocycles. The molecular weight excluding hydrogens is 272 g/mol. The van der Waals surface area contributed by atoms with Gasteiger partial charge < -0.3 is 10.1 Å². The first-order valence-electron chi connectivity index (χ1n) is 6.88. The Morgan fingerprint density at radius 3 is 2.70 bits per heavy atom. The lowest BCUT2D eigenvalue weighted by Gasteiger charge is -2.24. The highest BCUT2D eigenvalue weighted by molar-refractivity contribution is 6.29. The Labute approximate surface area is 123 Å². The first-order valence-corrected chi connectivity index (χ1v) is 7.25. The Kier molecular flexibility index (Phi) is 4.19. The van der Waals surface area contributed by atoms with Crippen molar-refractivity contribution < 1.29 is 4.74 Å². The Hall–Kier alpha value is -1.58. The molecule has 2 heterocycles. The highest BCUT2D eigenvalue weighted by atomic mass is 35.5. The van der Waals surface area contributed by atoms with Crippen LogP contribution in [-0.2, 0) is 0 Å². The van der Waals surface area contributed by atoms with Crippen molar-refractivity contribution in [3.8, 4) is 5.88 Å². The Balaban J connectivity index is 1.85. The summed E-state index contributed by atoms with van der Waals surface area (Å²) in [5, 5.41) is 3.85. The highest BCUT2D eigenvalue weighted by Gasteiger charge is 2.28. The summed E-state index contributed by atoms with van der Waals surface area (Å²) in [6, 6.07) is 15.8. The highest BCUT2D eigenvalue weighted by Crippen LogP contribution is 2.31. The van der Waals surface area contributed by atoms with Gasteiger partial charge in [0, 0.05) is 18.5 Å². The van der Waals surface area contributed by atoms with Gasteiger partial charge in [-0.05, 0) is 24.6 Å². The van der Waals surface area contributed by atoms with Gasteiger partial charge in [-0.1, -0.05) is 48.0 Å². The number of hydrogen-bond donors (Lipinski definition) is 1. The van der Waals surface area contributed by atoms with Crippen LogP contribution in [0.5, 0.6) is 5.88 Å². The maximum absolute atomic E-state index is 6.13. The van der Waals surface area contributed by atoms with E-state index in [1.54, 1.807) is 6.07 Å². The standard InChI is InChI=1S/C16H17ClN2O/c17-14-7-4-8-15(19-14)20-16(13-9-10-18-11-13)12-5-2-1-3-6-12/h1-8,13,16,18H,9-11H2/t13-,16-/m1/s1. The number of rotatable bonds is 4. The van der Waals surface area contributed by atoms with Crippen LogP contribution in [0.15, 0.2) is 48.5 Å². The average Bonchev–Trinajstić information content (AvgIpc) is 3.00. The fourth-order valence-electron chi connectivity index (χ4n) is 2.60. The van der Waals surface area contributed by atoms with Gasteiger partial charge in [-0.15, -0.1) is 0 Å². The molecule has 0 unspecified atom stereocenters. The number of halogens is 1. The van der Waals surface area contributed by atoms with Crippen LogP contribution in [0.25, 0.3) is 0 Å². The van der Waals surface area contributed by atoms with E-state index in [9.17, 15) is 0 Å². The van der Waals surface area contributed by atoms with Gasteiger partial charge in [-0.3, -0.25) is 0 Å². The zero-order valence-corrected chi connectivity index (χ0v) is 11.9. The fraction of sp³-hybridized carbons (Fsp3) is 0.312. The van der Waals surface area contributed by atoms with Crippen molar-refractivity contribution in [3.05, 3.63) is 59.2 Å². The third-order valence-electron chi connectivity index (χ3n) is 3.59. The van der Waals surface area contributed by atoms with Crippen molar-refractivity contribution >= 4 is 11.6 Å². The molecule has 1 aromatic carbocycles. The minimum Gasteiger partial charge on any atom is -0.469 e. The van der Waals surface area contributed by atoms with Crippen LogP contribution in [0.1, 0.15) is 18.1 Å². The predicted octanol–water partition coefficient (Wildman–Crippen LogP) is 3.46. The molecule has 1 saturated heterocycles. The monoisotopic (exact) mass is 288 g/mol. The van der Waals surface area contributed by atoms with Gasteiger partial charge in [0.05, 0.1) is 0 Å². The maximum atomic E-state index is 6.13. The van der Waals surface area contributed by atoms with Crippen molar-refractivity contribution in [1.29, 1.82) is 0 Å². The molecule has 1 N–H and O–H groups in total. The molecule has 0 aliphatic carbocycles. The van der Waals surface area contributed by atoms with Crippen molar-refractivity contribution in [2.45, 2.75) is 12.5 Å². The van der Waals surface area contributed by atoms with Crippen LogP contribution >= 0.6 is 11.6 Å². The number of aromatic nitrogens is 1. The smallest absolute Gasteiger partial charge is 0.215 e. The summed E-state index contributed by atoms with van der Waals surface area (Å²) >= 11 is 5.93. The molecule has 2 aromatic rings. The van der Waals surface area contributed by atoms with Gasteiger partial charge in [-0.25, -0.2) is 4.98 Å². The van der Waals surface area contributed by atoms with Crippen LogP contribution in [0, 0.1) is 5.92 Å². The van der Waals surface area contributed by atoms with E-state index in [4.69, 9.17) is 16.3 Å². The SMILES string of the molecule is Clc1cccc(O[C@H](c2ccccc2)[C@@H]2CCNC2)n1. The van der Waals surface area contributed by atoms with Gasteiger partial charge in [0.15, 0.2) is 0 Å². The van der Waals surface area contributed by atoms with E-state index in [0.717, 1.165) is 19.5 Å². The summed E-state index contributed by atoms with van der Waals surface area (Å²) < 4.78 is 6.13. The van der Waals surface area contributed by atoms with E-state index < -0.39 is 0 Å². The Bertz CT molecular complexity index is 555. The lowest BCUT2D eigenvalue weighted by Crippen LogP contribution is -2.21. The molecule has 0 spiro atoms. The Morgan fingerprint density at radius 1 is 1.15 bits per heavy atom. The molecule has 104 valence electrons. The molecule has 1 aliphatic rings. The molecule has 0 saturated carbocycles. The predicted molar refractivity (Wildman–Crippen MR) is 80.0 cm³/mol. The minimum atomic E-state index is 0.0113. The molecule has 4 heteroatoms. The fourth-order valence-corrected chi connectivity index (χ4v) is 2.76. The summed E-state index contributed by atoms with van der Waals surface area (Å²) in [7, 11) is 0. The summed E-state index contributed by atoms with van der Waals surface area (Å²) in [5.74, 6) is 1.04. The quantitative estimate of drug-likeness (QED) is 0.875. The number of pyridine rings is 1. The van der Waals surface area contributed by atoms with E-state index >= 15 is 0 Å². The molecule has 3 nitrogen and oxygen atoms in total. The number of hydrogen-bond acceptors (Lipinski definition) is 3. The summed E-state index contributed by atoms with van der Waals surface area (Å²) in [4.78, 5) is 4.23. The molecule has 3 rings (SSSR count).